The number of hydrogen-bond donors (Lipinski definition) is 1. The molecule has 0 aliphatic carbocycles. The van der Waals surface area contributed by atoms with Gasteiger partial charge in [-0.25, -0.2) is 0 Å². The van der Waals surface area contributed by atoms with Crippen LogP contribution in [0.15, 0.2) is 28.8 Å². The number of aliphatic hydroxyl groups is 1. The van der Waals surface area contributed by atoms with Crippen molar-refractivity contribution in [3.63, 3.8) is 0 Å². The molecule has 2 rings (SSSR count). The van der Waals surface area contributed by atoms with E-state index in [1.165, 1.54) is 0 Å². The number of rotatable bonds is 4. The Balaban J connectivity index is 2.00. The molecular formula is C15H19ClN2O2. The van der Waals surface area contributed by atoms with E-state index in [1.807, 2.05) is 45.0 Å². The van der Waals surface area contributed by atoms with Gasteiger partial charge in [0.1, 0.15) is 0 Å². The Morgan fingerprint density at radius 1 is 1.25 bits per heavy atom. The third-order valence-electron chi connectivity index (χ3n) is 3.15. The molecule has 0 saturated heterocycles. The molecule has 5 heteroatoms. The predicted octanol–water partition coefficient (Wildman–Crippen LogP) is 3.26. The van der Waals surface area contributed by atoms with Crippen LogP contribution in [0, 0.1) is 5.41 Å². The minimum atomic E-state index is -0.508. The molecule has 0 aliphatic heterocycles. The fourth-order valence-electron chi connectivity index (χ4n) is 1.70. The van der Waals surface area contributed by atoms with Crippen LogP contribution >= 0.6 is 11.6 Å². The lowest BCUT2D eigenvalue weighted by Gasteiger charge is -2.24. The van der Waals surface area contributed by atoms with Crippen LogP contribution in [0.2, 0.25) is 5.02 Å². The molecule has 1 heterocycles. The van der Waals surface area contributed by atoms with Crippen molar-refractivity contribution in [1.82, 2.24) is 10.1 Å². The van der Waals surface area contributed by atoms with Crippen LogP contribution in [0.4, 0.5) is 0 Å². The molecule has 0 aliphatic rings. The maximum absolute atomic E-state index is 10.0. The molecule has 20 heavy (non-hydrogen) atoms. The van der Waals surface area contributed by atoms with Gasteiger partial charge >= 0.3 is 0 Å². The van der Waals surface area contributed by atoms with Gasteiger partial charge in [0, 0.05) is 11.4 Å². The lowest BCUT2D eigenvalue weighted by molar-refractivity contribution is 0.0565. The van der Waals surface area contributed by atoms with Crippen LogP contribution in [0.25, 0.3) is 0 Å². The van der Waals surface area contributed by atoms with Crippen LogP contribution in [0.5, 0.6) is 0 Å². The lowest BCUT2D eigenvalue weighted by atomic mass is 9.87. The third-order valence-corrected chi connectivity index (χ3v) is 3.41. The Morgan fingerprint density at radius 3 is 2.50 bits per heavy atom. The Labute approximate surface area is 123 Å². The highest BCUT2D eigenvalue weighted by Crippen LogP contribution is 2.22. The molecule has 2 aromatic rings. The van der Waals surface area contributed by atoms with Crippen molar-refractivity contribution in [3.05, 3.63) is 46.6 Å². The van der Waals surface area contributed by atoms with E-state index >= 15 is 0 Å². The van der Waals surface area contributed by atoms with Crippen molar-refractivity contribution in [2.75, 3.05) is 0 Å². The van der Waals surface area contributed by atoms with Gasteiger partial charge in [-0.3, -0.25) is 0 Å². The molecule has 0 fully saturated rings. The summed E-state index contributed by atoms with van der Waals surface area (Å²) in [4.78, 5) is 4.31. The van der Waals surface area contributed by atoms with Gasteiger partial charge < -0.3 is 9.63 Å². The molecule has 0 saturated carbocycles. The van der Waals surface area contributed by atoms with Gasteiger partial charge in [0.2, 0.25) is 5.89 Å². The van der Waals surface area contributed by atoms with Crippen LogP contribution in [0.3, 0.4) is 0 Å². The van der Waals surface area contributed by atoms with Gasteiger partial charge in [-0.15, -0.1) is 0 Å². The second-order valence-electron chi connectivity index (χ2n) is 5.99. The highest BCUT2D eigenvalue weighted by atomic mass is 35.5. The summed E-state index contributed by atoms with van der Waals surface area (Å²) in [5.41, 5.74) is 0.864. The Hall–Kier alpha value is -1.39. The number of aromatic nitrogens is 2. The van der Waals surface area contributed by atoms with Crippen molar-refractivity contribution in [2.45, 2.75) is 39.7 Å². The Kier molecular flexibility index (Phi) is 4.45. The zero-order valence-corrected chi connectivity index (χ0v) is 12.7. The smallest absolute Gasteiger partial charge is 0.229 e. The summed E-state index contributed by atoms with van der Waals surface area (Å²) in [5, 5.41) is 14.7. The predicted molar refractivity (Wildman–Crippen MR) is 77.7 cm³/mol. The van der Waals surface area contributed by atoms with Gasteiger partial charge in [0.15, 0.2) is 5.82 Å². The standard InChI is InChI=1S/C15H19ClN2O2/c1-15(2,3)12(19)9-14-17-13(18-20-14)8-10-4-6-11(16)7-5-10/h4-7,12,19H,8-9H2,1-3H3. The summed E-state index contributed by atoms with van der Waals surface area (Å²) in [7, 11) is 0. The van der Waals surface area contributed by atoms with Crippen LogP contribution in [-0.4, -0.2) is 21.4 Å². The molecule has 0 amide bonds. The van der Waals surface area contributed by atoms with E-state index in [4.69, 9.17) is 16.1 Å². The first-order valence-corrected chi connectivity index (χ1v) is 6.96. The summed E-state index contributed by atoms with van der Waals surface area (Å²) in [6.45, 7) is 5.92. The highest BCUT2D eigenvalue weighted by Gasteiger charge is 2.24. The molecule has 1 aromatic heterocycles. The minimum absolute atomic E-state index is 0.204. The second-order valence-corrected chi connectivity index (χ2v) is 6.43. The molecule has 0 radical (unpaired) electrons. The molecule has 1 aromatic carbocycles. The van der Waals surface area contributed by atoms with Crippen LogP contribution in [-0.2, 0) is 12.8 Å². The number of aliphatic hydroxyl groups excluding tert-OH is 1. The summed E-state index contributed by atoms with van der Waals surface area (Å²) in [6.07, 6.45) is 0.454. The molecule has 1 N–H and O–H groups in total. The SMILES string of the molecule is CC(C)(C)C(O)Cc1nc(Cc2ccc(Cl)cc2)no1. The normalized spacial score (nSPS) is 13.4. The monoisotopic (exact) mass is 294 g/mol. The fraction of sp³-hybridized carbons (Fsp3) is 0.467. The quantitative estimate of drug-likeness (QED) is 0.940. The van der Waals surface area contributed by atoms with Gasteiger partial charge in [0.25, 0.3) is 0 Å². The first-order chi connectivity index (χ1) is 9.34. The third kappa shape index (κ3) is 4.05. The maximum atomic E-state index is 10.0. The van der Waals surface area contributed by atoms with E-state index in [2.05, 4.69) is 10.1 Å². The van der Waals surface area contributed by atoms with Crippen molar-refractivity contribution >= 4 is 11.6 Å². The number of hydrogen-bond acceptors (Lipinski definition) is 4. The van der Waals surface area contributed by atoms with Crippen molar-refractivity contribution in [1.29, 1.82) is 0 Å². The van der Waals surface area contributed by atoms with E-state index in [-0.39, 0.29) is 5.41 Å². The molecule has 108 valence electrons. The van der Waals surface area contributed by atoms with Crippen molar-refractivity contribution in [2.24, 2.45) is 5.41 Å². The highest BCUT2D eigenvalue weighted by molar-refractivity contribution is 6.30. The average Bonchev–Trinajstić information content (AvgIpc) is 2.78. The van der Waals surface area contributed by atoms with Gasteiger partial charge in [-0.1, -0.05) is 49.7 Å². The summed E-state index contributed by atoms with van der Waals surface area (Å²) < 4.78 is 5.18. The van der Waals surface area contributed by atoms with Gasteiger partial charge in [-0.05, 0) is 23.1 Å². The molecule has 0 bridgehead atoms. The Morgan fingerprint density at radius 2 is 1.90 bits per heavy atom. The molecule has 4 nitrogen and oxygen atoms in total. The van der Waals surface area contributed by atoms with E-state index in [1.54, 1.807) is 0 Å². The summed E-state index contributed by atoms with van der Waals surface area (Å²) in [5.74, 6) is 1.08. The van der Waals surface area contributed by atoms with Gasteiger partial charge in [-0.2, -0.15) is 4.98 Å². The largest absolute Gasteiger partial charge is 0.392 e. The topological polar surface area (TPSA) is 59.2 Å². The maximum Gasteiger partial charge on any atom is 0.229 e. The minimum Gasteiger partial charge on any atom is -0.392 e. The first-order valence-electron chi connectivity index (χ1n) is 6.58. The molecular weight excluding hydrogens is 276 g/mol. The Bertz CT molecular complexity index is 558. The number of nitrogens with zero attached hydrogens (tertiary/aromatic N) is 2. The van der Waals surface area contributed by atoms with Gasteiger partial charge in [0.05, 0.1) is 12.5 Å². The van der Waals surface area contributed by atoms with Crippen LogP contribution < -0.4 is 0 Å². The molecule has 1 atom stereocenters. The van der Waals surface area contributed by atoms with Crippen LogP contribution in [0.1, 0.15) is 38.0 Å². The van der Waals surface area contributed by atoms with Crippen molar-refractivity contribution in [3.8, 4) is 0 Å². The second kappa shape index (κ2) is 5.94. The van der Waals surface area contributed by atoms with E-state index in [0.29, 0.717) is 29.6 Å². The first kappa shape index (κ1) is 15.0. The summed E-state index contributed by atoms with van der Waals surface area (Å²) >= 11 is 5.84. The average molecular weight is 295 g/mol. The zero-order valence-electron chi connectivity index (χ0n) is 11.9. The van der Waals surface area contributed by atoms with E-state index in [9.17, 15) is 5.11 Å². The zero-order chi connectivity index (χ0) is 14.8. The van der Waals surface area contributed by atoms with E-state index in [0.717, 1.165) is 5.56 Å². The molecule has 1 unspecified atom stereocenters. The van der Waals surface area contributed by atoms with E-state index < -0.39 is 6.10 Å². The number of benzene rings is 1. The van der Waals surface area contributed by atoms with Crippen molar-refractivity contribution < 1.29 is 9.63 Å². The fourth-order valence-corrected chi connectivity index (χ4v) is 1.83. The summed E-state index contributed by atoms with van der Waals surface area (Å²) in [6, 6.07) is 7.53. The number of halogens is 1. The lowest BCUT2D eigenvalue weighted by Crippen LogP contribution is -2.28. The molecule has 0 spiro atoms.